The van der Waals surface area contributed by atoms with E-state index >= 15 is 0 Å². The molecular weight excluding hydrogens is 248 g/mol. The van der Waals surface area contributed by atoms with Gasteiger partial charge in [0.15, 0.2) is 0 Å². The van der Waals surface area contributed by atoms with Gasteiger partial charge in [-0.25, -0.2) is 0 Å². The van der Waals surface area contributed by atoms with Gasteiger partial charge >= 0.3 is 0 Å². The van der Waals surface area contributed by atoms with Crippen molar-refractivity contribution in [2.24, 2.45) is 28.9 Å². The Hall–Kier alpha value is -0.570. The van der Waals surface area contributed by atoms with Crippen molar-refractivity contribution in [3.05, 3.63) is 0 Å². The summed E-state index contributed by atoms with van der Waals surface area (Å²) in [5.41, 5.74) is 6.33. The van der Waals surface area contributed by atoms with E-state index in [1.807, 2.05) is 0 Å². The molecule has 0 radical (unpaired) electrons. The molecule has 4 saturated carbocycles. The zero-order valence-electron chi connectivity index (χ0n) is 12.9. The molecule has 20 heavy (non-hydrogen) atoms. The van der Waals surface area contributed by atoms with Gasteiger partial charge in [0.1, 0.15) is 0 Å². The first-order valence-corrected chi connectivity index (χ1v) is 8.61. The molecule has 1 atom stereocenters. The van der Waals surface area contributed by atoms with Gasteiger partial charge in [-0.05, 0) is 68.1 Å². The first-order chi connectivity index (χ1) is 9.58. The summed E-state index contributed by atoms with van der Waals surface area (Å²) in [4.78, 5) is 12.3. The first-order valence-electron chi connectivity index (χ1n) is 8.61. The molecule has 1 amide bonds. The van der Waals surface area contributed by atoms with Crippen molar-refractivity contribution in [3.63, 3.8) is 0 Å². The zero-order valence-corrected chi connectivity index (χ0v) is 12.9. The van der Waals surface area contributed by atoms with Crippen molar-refractivity contribution < 1.29 is 4.79 Å². The van der Waals surface area contributed by atoms with E-state index < -0.39 is 0 Å². The van der Waals surface area contributed by atoms with Crippen LogP contribution >= 0.6 is 0 Å². The lowest BCUT2D eigenvalue weighted by molar-refractivity contribution is -0.129. The van der Waals surface area contributed by atoms with E-state index in [9.17, 15) is 4.79 Å². The van der Waals surface area contributed by atoms with E-state index in [0.717, 1.165) is 37.0 Å². The van der Waals surface area contributed by atoms with Crippen LogP contribution in [0.4, 0.5) is 0 Å². The minimum absolute atomic E-state index is 0.125. The first kappa shape index (κ1) is 14.4. The summed E-state index contributed by atoms with van der Waals surface area (Å²) in [6.07, 6.45) is 11.1. The third kappa shape index (κ3) is 3.03. The maximum absolute atomic E-state index is 12.3. The highest BCUT2D eigenvalue weighted by Gasteiger charge is 2.51. The van der Waals surface area contributed by atoms with Crippen LogP contribution in [0.25, 0.3) is 0 Å². The molecule has 0 heterocycles. The zero-order chi connectivity index (χ0) is 14.2. The van der Waals surface area contributed by atoms with Gasteiger partial charge in [0.05, 0.1) is 0 Å². The molecule has 1 unspecified atom stereocenters. The average molecular weight is 278 g/mol. The maximum atomic E-state index is 12.3. The number of nitrogens with one attached hydrogen (secondary N) is 1. The molecule has 0 saturated heterocycles. The topological polar surface area (TPSA) is 55.1 Å². The summed E-state index contributed by atoms with van der Waals surface area (Å²) in [7, 11) is 0. The fourth-order valence-electron chi connectivity index (χ4n) is 5.63. The predicted molar refractivity (Wildman–Crippen MR) is 81.1 cm³/mol. The van der Waals surface area contributed by atoms with Crippen LogP contribution in [-0.2, 0) is 4.79 Å². The van der Waals surface area contributed by atoms with E-state index in [1.54, 1.807) is 0 Å². The SMILES string of the molecule is CCCC(N)CNC(=O)CC12CC3CC(CC(C3)C1)C2. The monoisotopic (exact) mass is 278 g/mol. The average Bonchev–Trinajstić information content (AvgIpc) is 2.34. The van der Waals surface area contributed by atoms with Crippen LogP contribution < -0.4 is 11.1 Å². The van der Waals surface area contributed by atoms with Crippen LogP contribution in [-0.4, -0.2) is 18.5 Å². The number of carbonyl (C=O) groups excluding carboxylic acids is 1. The summed E-state index contributed by atoms with van der Waals surface area (Å²) < 4.78 is 0. The predicted octanol–water partition coefficient (Wildman–Crippen LogP) is 2.84. The van der Waals surface area contributed by atoms with Gasteiger partial charge < -0.3 is 11.1 Å². The van der Waals surface area contributed by atoms with Crippen molar-refractivity contribution in [2.75, 3.05) is 6.54 Å². The van der Waals surface area contributed by atoms with Crippen LogP contribution in [0.3, 0.4) is 0 Å². The number of rotatable bonds is 6. The molecule has 0 aromatic rings. The second-order valence-corrected chi connectivity index (χ2v) is 7.95. The van der Waals surface area contributed by atoms with Gasteiger partial charge in [0.2, 0.25) is 5.91 Å². The molecule has 0 spiro atoms. The third-order valence-corrected chi connectivity index (χ3v) is 5.92. The Morgan fingerprint density at radius 1 is 1.20 bits per heavy atom. The molecule has 4 bridgehead atoms. The van der Waals surface area contributed by atoms with Gasteiger partial charge in [-0.15, -0.1) is 0 Å². The molecule has 3 N–H and O–H groups in total. The Balaban J connectivity index is 1.51. The summed E-state index contributed by atoms with van der Waals surface area (Å²) >= 11 is 0. The Morgan fingerprint density at radius 2 is 1.75 bits per heavy atom. The highest BCUT2D eigenvalue weighted by atomic mass is 16.1. The molecule has 0 aliphatic heterocycles. The van der Waals surface area contributed by atoms with Crippen molar-refractivity contribution in [3.8, 4) is 0 Å². The second-order valence-electron chi connectivity index (χ2n) is 7.95. The lowest BCUT2D eigenvalue weighted by Gasteiger charge is -2.56. The van der Waals surface area contributed by atoms with Crippen LogP contribution in [0.2, 0.25) is 0 Å². The number of nitrogens with two attached hydrogens (primary N) is 1. The lowest BCUT2D eigenvalue weighted by atomic mass is 9.49. The van der Waals surface area contributed by atoms with Gasteiger partial charge in [0, 0.05) is 19.0 Å². The number of hydrogen-bond acceptors (Lipinski definition) is 2. The molecule has 3 heteroatoms. The molecule has 0 aromatic heterocycles. The number of hydrogen-bond donors (Lipinski definition) is 2. The fourth-order valence-corrected chi connectivity index (χ4v) is 5.63. The summed E-state index contributed by atoms with van der Waals surface area (Å²) in [5, 5.41) is 3.08. The molecule has 3 nitrogen and oxygen atoms in total. The van der Waals surface area contributed by atoms with Gasteiger partial charge in [-0.1, -0.05) is 13.3 Å². The quantitative estimate of drug-likeness (QED) is 0.785. The van der Waals surface area contributed by atoms with E-state index in [-0.39, 0.29) is 11.9 Å². The summed E-state index contributed by atoms with van der Waals surface area (Å²) in [6, 6.07) is 0.125. The van der Waals surface area contributed by atoms with Crippen molar-refractivity contribution in [1.82, 2.24) is 5.32 Å². The lowest BCUT2D eigenvalue weighted by Crippen LogP contribution is -2.48. The largest absolute Gasteiger partial charge is 0.355 e. The van der Waals surface area contributed by atoms with Gasteiger partial charge in [0.25, 0.3) is 0 Å². The van der Waals surface area contributed by atoms with Crippen molar-refractivity contribution >= 4 is 5.91 Å². The van der Waals surface area contributed by atoms with Crippen LogP contribution in [0.15, 0.2) is 0 Å². The van der Waals surface area contributed by atoms with Crippen LogP contribution in [0, 0.1) is 23.2 Å². The summed E-state index contributed by atoms with van der Waals surface area (Å²) in [6.45, 7) is 2.79. The molecular formula is C17H30N2O. The Labute approximate surface area is 123 Å². The minimum atomic E-state index is 0.125. The Morgan fingerprint density at radius 3 is 2.25 bits per heavy atom. The molecule has 0 aromatic carbocycles. The smallest absolute Gasteiger partial charge is 0.220 e. The van der Waals surface area contributed by atoms with E-state index in [2.05, 4.69) is 12.2 Å². The molecule has 4 rings (SSSR count). The maximum Gasteiger partial charge on any atom is 0.220 e. The third-order valence-electron chi connectivity index (χ3n) is 5.92. The van der Waals surface area contributed by atoms with Crippen molar-refractivity contribution in [1.29, 1.82) is 0 Å². The van der Waals surface area contributed by atoms with Crippen LogP contribution in [0.1, 0.15) is 64.7 Å². The Kier molecular flexibility index (Phi) is 4.07. The normalized spacial score (nSPS) is 39.8. The number of carbonyl (C=O) groups is 1. The molecule has 4 fully saturated rings. The van der Waals surface area contributed by atoms with E-state index in [1.165, 1.54) is 38.5 Å². The summed E-state index contributed by atoms with van der Waals surface area (Å²) in [5.74, 6) is 3.03. The van der Waals surface area contributed by atoms with Gasteiger partial charge in [-0.3, -0.25) is 4.79 Å². The fraction of sp³-hybridized carbons (Fsp3) is 0.941. The minimum Gasteiger partial charge on any atom is -0.355 e. The van der Waals surface area contributed by atoms with E-state index in [4.69, 9.17) is 5.73 Å². The second kappa shape index (κ2) is 5.67. The number of amides is 1. The highest BCUT2D eigenvalue weighted by Crippen LogP contribution is 2.61. The van der Waals surface area contributed by atoms with Gasteiger partial charge in [-0.2, -0.15) is 0 Å². The molecule has 4 aliphatic carbocycles. The van der Waals surface area contributed by atoms with E-state index in [0.29, 0.717) is 12.0 Å². The molecule has 114 valence electrons. The van der Waals surface area contributed by atoms with Crippen molar-refractivity contribution in [2.45, 2.75) is 70.8 Å². The molecule has 4 aliphatic rings. The van der Waals surface area contributed by atoms with Crippen LogP contribution in [0.5, 0.6) is 0 Å². The Bertz CT molecular complexity index is 331. The highest BCUT2D eigenvalue weighted by molar-refractivity contribution is 5.76. The standard InChI is InChI=1S/C17H30N2O/c1-2-3-15(18)11-19-16(20)10-17-7-12-4-13(8-17)6-14(5-12)9-17/h12-15H,2-11,18H2,1H3,(H,19,20).